The van der Waals surface area contributed by atoms with Crippen molar-refractivity contribution >= 4 is 0 Å². The van der Waals surface area contributed by atoms with Gasteiger partial charge in [0, 0.05) is 6.54 Å². The van der Waals surface area contributed by atoms with Crippen LogP contribution in [0.3, 0.4) is 0 Å². The summed E-state index contributed by atoms with van der Waals surface area (Å²) in [5, 5.41) is 0. The topological polar surface area (TPSA) is 75.5 Å². The van der Waals surface area contributed by atoms with Crippen LogP contribution in [0.2, 0.25) is 0 Å². The molecule has 158 valence electrons. The molecule has 4 rings (SSSR count). The Morgan fingerprint density at radius 3 is 2.28 bits per heavy atom. The van der Waals surface area contributed by atoms with E-state index in [9.17, 15) is 14.0 Å². The summed E-state index contributed by atoms with van der Waals surface area (Å²) in [6, 6.07) is 17.9. The van der Waals surface area contributed by atoms with E-state index in [4.69, 9.17) is 9.26 Å². The van der Waals surface area contributed by atoms with Crippen LogP contribution >= 0.6 is 0 Å². The monoisotopic (exact) mass is 442 g/mol. The number of rotatable bonds is 6. The minimum absolute atomic E-state index is 0. The molecule has 0 N–H and O–H groups in total. The molecule has 0 bridgehead atoms. The largest absolute Gasteiger partial charge is 1.00 e. The molecule has 0 fully saturated rings. The van der Waals surface area contributed by atoms with E-state index in [0.29, 0.717) is 5.75 Å². The first-order chi connectivity index (χ1) is 14.9. The third-order valence-electron chi connectivity index (χ3n) is 4.97. The van der Waals surface area contributed by atoms with Crippen LogP contribution in [0, 0.1) is 19.7 Å². The molecule has 0 saturated heterocycles. The van der Waals surface area contributed by atoms with Crippen molar-refractivity contribution in [2.75, 3.05) is 0 Å². The third-order valence-corrected chi connectivity index (χ3v) is 4.97. The standard InChI is InChI=1S/C24H21FN2O4.Na/c1-15-4-3-5-16(2)22(15)19-10-18(11-20(25)12-19)14-30-21-8-6-17(7-9-21)13-27-23(28)26-24(29)31-27;/h3-12H,13-14H2,1-2H3,(H,26,28,29);/q;+1/p-1. The molecule has 1 aromatic heterocycles. The maximum atomic E-state index is 14.3. The van der Waals surface area contributed by atoms with Gasteiger partial charge in [-0.3, -0.25) is 9.53 Å². The molecule has 0 atom stereocenters. The van der Waals surface area contributed by atoms with Crippen LogP contribution in [0.15, 0.2) is 74.8 Å². The quantitative estimate of drug-likeness (QED) is 0.413. The van der Waals surface area contributed by atoms with E-state index in [2.05, 4.69) is 4.98 Å². The molecule has 0 aliphatic carbocycles. The van der Waals surface area contributed by atoms with E-state index in [1.54, 1.807) is 24.3 Å². The minimum atomic E-state index is -0.916. The van der Waals surface area contributed by atoms with E-state index >= 15 is 0 Å². The number of aryl methyl sites for hydroxylation is 2. The fourth-order valence-electron chi connectivity index (χ4n) is 3.56. The Morgan fingerprint density at radius 2 is 1.66 bits per heavy atom. The number of nitrogens with zero attached hydrogens (tertiary/aromatic N) is 2. The van der Waals surface area contributed by atoms with E-state index in [1.807, 2.05) is 38.1 Å². The molecule has 0 amide bonds. The second-order valence-electron chi connectivity index (χ2n) is 7.34. The normalized spacial score (nSPS) is 10.6. The molecule has 0 saturated carbocycles. The summed E-state index contributed by atoms with van der Waals surface area (Å²) in [5.74, 6) is -0.638. The van der Waals surface area contributed by atoms with Crippen LogP contribution < -0.4 is 50.7 Å². The zero-order valence-electron chi connectivity index (χ0n) is 18.1. The van der Waals surface area contributed by atoms with Crippen LogP contribution in [0.5, 0.6) is 5.75 Å². The Bertz CT molecular complexity index is 1320. The summed E-state index contributed by atoms with van der Waals surface area (Å²) in [5.41, 5.74) is 4.75. The van der Waals surface area contributed by atoms with Crippen molar-refractivity contribution in [1.29, 1.82) is 0 Å². The van der Waals surface area contributed by atoms with E-state index < -0.39 is 11.4 Å². The molecule has 8 heteroatoms. The summed E-state index contributed by atoms with van der Waals surface area (Å²) < 4.78 is 25.7. The van der Waals surface area contributed by atoms with Crippen molar-refractivity contribution in [3.8, 4) is 16.9 Å². The Balaban J connectivity index is 0.00000289. The van der Waals surface area contributed by atoms with E-state index in [1.165, 1.54) is 12.1 Å². The average molecular weight is 442 g/mol. The summed E-state index contributed by atoms with van der Waals surface area (Å²) in [4.78, 5) is 25.6. The van der Waals surface area contributed by atoms with Gasteiger partial charge >= 0.3 is 35.3 Å². The van der Waals surface area contributed by atoms with Crippen molar-refractivity contribution in [3.05, 3.63) is 110 Å². The fourth-order valence-corrected chi connectivity index (χ4v) is 3.56. The first kappa shape index (κ1) is 23.8. The summed E-state index contributed by atoms with van der Waals surface area (Å²) >= 11 is 0. The molecule has 4 aromatic rings. The summed E-state index contributed by atoms with van der Waals surface area (Å²) in [6.45, 7) is 4.32. The molecule has 0 radical (unpaired) electrons. The maximum absolute atomic E-state index is 14.3. The van der Waals surface area contributed by atoms with Gasteiger partial charge in [0.1, 0.15) is 18.2 Å². The molecule has 6 nitrogen and oxygen atoms in total. The number of benzene rings is 3. The number of aromatic nitrogens is 2. The van der Waals surface area contributed by atoms with Gasteiger partial charge in [0.05, 0.1) is 0 Å². The molecule has 1 heterocycles. The Morgan fingerprint density at radius 1 is 0.969 bits per heavy atom. The fraction of sp³-hybridized carbons (Fsp3) is 0.167. The van der Waals surface area contributed by atoms with Gasteiger partial charge in [0.25, 0.3) is 0 Å². The van der Waals surface area contributed by atoms with Crippen molar-refractivity contribution in [2.45, 2.75) is 27.0 Å². The Labute approximate surface area is 205 Å². The Kier molecular flexibility index (Phi) is 7.56. The Hall–Kier alpha value is -2.87. The molecule has 0 aliphatic heterocycles. The molecule has 32 heavy (non-hydrogen) atoms. The zero-order chi connectivity index (χ0) is 22.0. The van der Waals surface area contributed by atoms with Crippen molar-refractivity contribution < 1.29 is 43.2 Å². The minimum Gasteiger partial charge on any atom is -0.489 e. The van der Waals surface area contributed by atoms with Gasteiger partial charge in [-0.05, 0) is 77.6 Å². The molecule has 3 aromatic carbocycles. The number of ether oxygens (including phenoxy) is 1. The van der Waals surface area contributed by atoms with Crippen molar-refractivity contribution in [3.63, 3.8) is 0 Å². The molecule has 0 unspecified atom stereocenters. The molecular formula is C24H20FN2NaO4. The number of hydrogen-bond acceptors (Lipinski definition) is 4. The van der Waals surface area contributed by atoms with Crippen LogP contribution in [-0.4, -0.2) is 4.74 Å². The SMILES string of the molecule is Cc1cccc(C)c1-c1cc(F)cc(COc2ccc(Cn3oc(=O)[n-]c3=O)cc2)c1.[Na+]. The second-order valence-corrected chi connectivity index (χ2v) is 7.34. The number of hydrogen-bond donors (Lipinski definition) is 0. The molecule has 0 spiro atoms. The maximum Gasteiger partial charge on any atom is 1.00 e. The van der Waals surface area contributed by atoms with Crippen LogP contribution in [0.25, 0.3) is 11.1 Å². The van der Waals surface area contributed by atoms with E-state index in [-0.39, 0.29) is 48.5 Å². The van der Waals surface area contributed by atoms with Gasteiger partial charge in [0.15, 0.2) is 5.69 Å². The van der Waals surface area contributed by atoms with Crippen molar-refractivity contribution in [1.82, 2.24) is 9.72 Å². The van der Waals surface area contributed by atoms with Crippen LogP contribution in [0.1, 0.15) is 22.3 Å². The van der Waals surface area contributed by atoms with Crippen molar-refractivity contribution in [2.24, 2.45) is 0 Å². The average Bonchev–Trinajstić information content (AvgIpc) is 3.04. The van der Waals surface area contributed by atoms with Gasteiger partial charge in [0.2, 0.25) is 0 Å². The molecule has 0 aliphatic rings. The van der Waals surface area contributed by atoms with Gasteiger partial charge in [-0.2, -0.15) is 0 Å². The summed E-state index contributed by atoms with van der Waals surface area (Å²) in [7, 11) is 0. The predicted molar refractivity (Wildman–Crippen MR) is 114 cm³/mol. The predicted octanol–water partition coefficient (Wildman–Crippen LogP) is 0.813. The van der Waals surface area contributed by atoms with Gasteiger partial charge in [-0.25, -0.2) is 9.18 Å². The van der Waals surface area contributed by atoms with Gasteiger partial charge in [-0.15, -0.1) is 0 Å². The second kappa shape index (κ2) is 10.2. The summed E-state index contributed by atoms with van der Waals surface area (Å²) in [6.07, 6.45) is 0. The zero-order valence-corrected chi connectivity index (χ0v) is 20.1. The van der Waals surface area contributed by atoms with Gasteiger partial charge < -0.3 is 14.2 Å². The smallest absolute Gasteiger partial charge is 0.489 e. The first-order valence-electron chi connectivity index (χ1n) is 9.72. The molecular weight excluding hydrogens is 422 g/mol. The van der Waals surface area contributed by atoms with E-state index in [0.717, 1.165) is 38.1 Å². The van der Waals surface area contributed by atoms with Crippen LogP contribution in [0.4, 0.5) is 4.39 Å². The van der Waals surface area contributed by atoms with Gasteiger partial charge in [-0.1, -0.05) is 30.3 Å². The number of halogens is 1. The third kappa shape index (κ3) is 5.48. The van der Waals surface area contributed by atoms with Crippen LogP contribution in [-0.2, 0) is 13.2 Å². The first-order valence-corrected chi connectivity index (χ1v) is 9.72.